The zero-order chi connectivity index (χ0) is 22.1. The molecule has 30 heavy (non-hydrogen) atoms. The molecule has 0 fully saturated rings. The monoisotopic (exact) mass is 438 g/mol. The normalized spacial score (nSPS) is 11.3. The molecule has 0 atom stereocenters. The number of benzene rings is 2. The number of nitrogens with one attached hydrogen (secondary N) is 1. The number of aromatic nitrogens is 1. The zero-order valence-corrected chi connectivity index (χ0v) is 16.5. The third-order valence-corrected chi connectivity index (χ3v) is 4.47. The molecular weight excluding hydrogens is 424 g/mol. The molecule has 1 heterocycles. The van der Waals surface area contributed by atoms with Crippen LogP contribution in [0, 0.1) is 19.7 Å². The Bertz CT molecular complexity index is 1120. The van der Waals surface area contributed by atoms with Crippen LogP contribution in [-0.4, -0.2) is 10.9 Å². The number of carbonyl (C=O) groups is 1. The third kappa shape index (κ3) is 4.71. The average Bonchev–Trinajstić information content (AvgIpc) is 2.65. The van der Waals surface area contributed by atoms with Gasteiger partial charge in [-0.2, -0.15) is 13.2 Å². The fourth-order valence-electron chi connectivity index (χ4n) is 2.73. The quantitative estimate of drug-likeness (QED) is 0.470. The first-order valence-electron chi connectivity index (χ1n) is 8.64. The maximum atomic E-state index is 14.0. The highest BCUT2D eigenvalue weighted by Gasteiger charge is 2.36. The molecule has 0 radical (unpaired) electrons. The van der Waals surface area contributed by atoms with E-state index < -0.39 is 29.0 Å². The van der Waals surface area contributed by atoms with Gasteiger partial charge in [-0.3, -0.25) is 4.79 Å². The summed E-state index contributed by atoms with van der Waals surface area (Å²) in [7, 11) is 0. The highest BCUT2D eigenvalue weighted by molar-refractivity contribution is 6.30. The molecule has 0 unspecified atom stereocenters. The van der Waals surface area contributed by atoms with Gasteiger partial charge < -0.3 is 10.1 Å². The standard InChI is InChI=1S/C21H15ClF4N2O2/c1-11-9-18(30-17-7-6-13(22)8-12(17)2)27-10-16(11)28-20(29)19-14(21(24,25)26)4-3-5-15(19)23/h3-10H,1-2H3,(H,28,29). The van der Waals surface area contributed by atoms with Gasteiger partial charge in [0.15, 0.2) is 0 Å². The van der Waals surface area contributed by atoms with Crippen molar-refractivity contribution in [1.29, 1.82) is 0 Å². The first kappa shape index (κ1) is 21.6. The number of hydrogen-bond acceptors (Lipinski definition) is 3. The van der Waals surface area contributed by atoms with E-state index in [0.29, 0.717) is 22.4 Å². The van der Waals surface area contributed by atoms with Crippen molar-refractivity contribution >= 4 is 23.2 Å². The summed E-state index contributed by atoms with van der Waals surface area (Å²) in [5.41, 5.74) is -1.08. The summed E-state index contributed by atoms with van der Waals surface area (Å²) >= 11 is 5.91. The molecule has 1 N–H and O–H groups in total. The van der Waals surface area contributed by atoms with E-state index in [2.05, 4.69) is 10.3 Å². The van der Waals surface area contributed by atoms with Gasteiger partial charge in [0.25, 0.3) is 5.91 Å². The van der Waals surface area contributed by atoms with Crippen molar-refractivity contribution in [2.24, 2.45) is 0 Å². The van der Waals surface area contributed by atoms with Gasteiger partial charge in [0, 0.05) is 11.1 Å². The van der Waals surface area contributed by atoms with Crippen LogP contribution in [0.2, 0.25) is 5.02 Å². The molecule has 156 valence electrons. The average molecular weight is 439 g/mol. The van der Waals surface area contributed by atoms with Gasteiger partial charge in [-0.25, -0.2) is 9.37 Å². The summed E-state index contributed by atoms with van der Waals surface area (Å²) in [6.45, 7) is 3.40. The Labute approximate surface area is 174 Å². The van der Waals surface area contributed by atoms with Gasteiger partial charge in [0.05, 0.1) is 23.0 Å². The van der Waals surface area contributed by atoms with E-state index in [1.807, 2.05) is 0 Å². The van der Waals surface area contributed by atoms with Crippen molar-refractivity contribution in [3.8, 4) is 11.6 Å². The van der Waals surface area contributed by atoms with Gasteiger partial charge in [0.1, 0.15) is 11.6 Å². The Hall–Kier alpha value is -3.13. The molecule has 3 aromatic rings. The maximum Gasteiger partial charge on any atom is 0.417 e. The van der Waals surface area contributed by atoms with Crippen molar-refractivity contribution in [3.05, 3.63) is 81.8 Å². The number of halogens is 5. The molecule has 0 bridgehead atoms. The van der Waals surface area contributed by atoms with Crippen LogP contribution in [0.25, 0.3) is 0 Å². The van der Waals surface area contributed by atoms with Crippen LogP contribution in [-0.2, 0) is 6.18 Å². The first-order valence-corrected chi connectivity index (χ1v) is 9.02. The Morgan fingerprint density at radius 1 is 1.10 bits per heavy atom. The summed E-state index contributed by atoms with van der Waals surface area (Å²) in [5, 5.41) is 2.82. The molecule has 0 saturated heterocycles. The van der Waals surface area contributed by atoms with Crippen molar-refractivity contribution in [2.75, 3.05) is 5.32 Å². The second kappa shape index (κ2) is 8.31. The SMILES string of the molecule is Cc1cc(Oc2ccc(Cl)cc2C)ncc1NC(=O)c1c(F)cccc1C(F)(F)F. The van der Waals surface area contributed by atoms with E-state index in [1.165, 1.54) is 12.3 Å². The Kier molecular flexibility index (Phi) is 5.98. The maximum absolute atomic E-state index is 14.0. The molecule has 0 aliphatic carbocycles. The molecule has 0 saturated carbocycles. The molecule has 1 amide bonds. The van der Waals surface area contributed by atoms with Gasteiger partial charge in [-0.15, -0.1) is 0 Å². The van der Waals surface area contributed by atoms with Gasteiger partial charge >= 0.3 is 6.18 Å². The number of nitrogens with zero attached hydrogens (tertiary/aromatic N) is 1. The number of anilines is 1. The number of aryl methyl sites for hydroxylation is 2. The molecule has 4 nitrogen and oxygen atoms in total. The Morgan fingerprint density at radius 3 is 2.47 bits per heavy atom. The van der Waals surface area contributed by atoms with Gasteiger partial charge in [-0.05, 0) is 55.3 Å². The largest absolute Gasteiger partial charge is 0.439 e. The number of rotatable bonds is 4. The summed E-state index contributed by atoms with van der Waals surface area (Å²) in [6, 6.07) is 8.86. The highest BCUT2D eigenvalue weighted by Crippen LogP contribution is 2.34. The Morgan fingerprint density at radius 2 is 1.83 bits per heavy atom. The van der Waals surface area contributed by atoms with Crippen molar-refractivity contribution in [2.45, 2.75) is 20.0 Å². The van der Waals surface area contributed by atoms with E-state index in [4.69, 9.17) is 16.3 Å². The van der Waals surface area contributed by atoms with Gasteiger partial charge in [-0.1, -0.05) is 17.7 Å². The number of ether oxygens (including phenoxy) is 1. The van der Waals surface area contributed by atoms with Crippen molar-refractivity contribution < 1.29 is 27.1 Å². The lowest BCUT2D eigenvalue weighted by atomic mass is 10.1. The lowest BCUT2D eigenvalue weighted by molar-refractivity contribution is -0.138. The third-order valence-electron chi connectivity index (χ3n) is 4.23. The van der Waals surface area contributed by atoms with E-state index in [0.717, 1.165) is 17.7 Å². The molecule has 9 heteroatoms. The number of alkyl halides is 3. The van der Waals surface area contributed by atoms with Crippen LogP contribution in [0.3, 0.4) is 0 Å². The zero-order valence-electron chi connectivity index (χ0n) is 15.8. The number of hydrogen-bond donors (Lipinski definition) is 1. The number of amides is 1. The molecule has 3 rings (SSSR count). The lowest BCUT2D eigenvalue weighted by Gasteiger charge is -2.15. The minimum atomic E-state index is -4.88. The minimum absolute atomic E-state index is 0.122. The van der Waals surface area contributed by atoms with Crippen LogP contribution < -0.4 is 10.1 Å². The van der Waals surface area contributed by atoms with Crippen molar-refractivity contribution in [3.63, 3.8) is 0 Å². The van der Waals surface area contributed by atoms with Gasteiger partial charge in [0.2, 0.25) is 5.88 Å². The molecular formula is C21H15ClF4N2O2. The topological polar surface area (TPSA) is 51.2 Å². The second-order valence-electron chi connectivity index (χ2n) is 6.46. The summed E-state index contributed by atoms with van der Waals surface area (Å²) < 4.78 is 59.1. The summed E-state index contributed by atoms with van der Waals surface area (Å²) in [4.78, 5) is 16.4. The molecule has 0 aliphatic rings. The van der Waals surface area contributed by atoms with E-state index in [9.17, 15) is 22.4 Å². The van der Waals surface area contributed by atoms with E-state index in [-0.39, 0.29) is 11.6 Å². The predicted octanol–water partition coefficient (Wildman–Crippen LogP) is 6.55. The van der Waals surface area contributed by atoms with Crippen molar-refractivity contribution in [1.82, 2.24) is 4.98 Å². The predicted molar refractivity (Wildman–Crippen MR) is 105 cm³/mol. The smallest absolute Gasteiger partial charge is 0.417 e. The first-order chi connectivity index (χ1) is 14.1. The fourth-order valence-corrected chi connectivity index (χ4v) is 2.96. The van der Waals surface area contributed by atoms with Crippen LogP contribution in [0.5, 0.6) is 11.6 Å². The Balaban J connectivity index is 1.84. The minimum Gasteiger partial charge on any atom is -0.439 e. The molecule has 0 spiro atoms. The van der Waals surface area contributed by atoms with E-state index in [1.54, 1.807) is 32.0 Å². The fraction of sp³-hybridized carbons (Fsp3) is 0.143. The van der Waals surface area contributed by atoms with Crippen LogP contribution in [0.4, 0.5) is 23.2 Å². The second-order valence-corrected chi connectivity index (χ2v) is 6.90. The van der Waals surface area contributed by atoms with Crippen LogP contribution in [0.15, 0.2) is 48.7 Å². The highest BCUT2D eigenvalue weighted by atomic mass is 35.5. The van der Waals surface area contributed by atoms with Crippen LogP contribution in [0.1, 0.15) is 27.0 Å². The summed E-state index contributed by atoms with van der Waals surface area (Å²) in [6.07, 6.45) is -3.65. The number of pyridine rings is 1. The molecule has 1 aromatic heterocycles. The number of carbonyl (C=O) groups excluding carboxylic acids is 1. The van der Waals surface area contributed by atoms with Crippen LogP contribution >= 0.6 is 11.6 Å². The molecule has 2 aromatic carbocycles. The lowest BCUT2D eigenvalue weighted by Crippen LogP contribution is -2.21. The van der Waals surface area contributed by atoms with E-state index >= 15 is 0 Å². The molecule has 0 aliphatic heterocycles. The summed E-state index contributed by atoms with van der Waals surface area (Å²) in [5.74, 6) is -1.78.